The molecule has 0 atom stereocenters. The largest absolute Gasteiger partial charge is 0.397 e. The molecular weight excluding hydrogens is 210 g/mol. The molecule has 5 nitrogen and oxygen atoms in total. The standard InChI is InChI=1S/C9H11N5S/c1-14-8(12-6-13-14)5-15-9-7(10)3-2-4-11-9/h2-4,6H,5,10H2,1H3. The SMILES string of the molecule is Cn1ncnc1CSc1ncccc1N. The monoisotopic (exact) mass is 221 g/mol. The Morgan fingerprint density at radius 2 is 2.33 bits per heavy atom. The quantitative estimate of drug-likeness (QED) is 0.785. The lowest BCUT2D eigenvalue weighted by Crippen LogP contribution is -1.98. The van der Waals surface area contributed by atoms with Crippen molar-refractivity contribution in [2.24, 2.45) is 7.05 Å². The summed E-state index contributed by atoms with van der Waals surface area (Å²) in [4.78, 5) is 8.31. The summed E-state index contributed by atoms with van der Waals surface area (Å²) >= 11 is 1.56. The molecule has 0 saturated carbocycles. The highest BCUT2D eigenvalue weighted by molar-refractivity contribution is 7.98. The molecule has 0 aliphatic carbocycles. The van der Waals surface area contributed by atoms with Crippen molar-refractivity contribution >= 4 is 17.4 Å². The van der Waals surface area contributed by atoms with Gasteiger partial charge in [0.25, 0.3) is 0 Å². The molecule has 2 rings (SSSR count). The van der Waals surface area contributed by atoms with Crippen molar-refractivity contribution in [2.75, 3.05) is 5.73 Å². The molecule has 0 bridgehead atoms. The van der Waals surface area contributed by atoms with Crippen LogP contribution < -0.4 is 5.73 Å². The maximum atomic E-state index is 5.77. The first-order chi connectivity index (χ1) is 7.27. The second-order valence-electron chi connectivity index (χ2n) is 2.99. The van der Waals surface area contributed by atoms with Crippen LogP contribution in [0.15, 0.2) is 29.7 Å². The molecule has 0 fully saturated rings. The van der Waals surface area contributed by atoms with Crippen molar-refractivity contribution < 1.29 is 0 Å². The Bertz CT molecular complexity index is 453. The van der Waals surface area contributed by atoms with Gasteiger partial charge in [0.1, 0.15) is 17.2 Å². The number of nitrogens with zero attached hydrogens (tertiary/aromatic N) is 4. The molecule has 6 heteroatoms. The van der Waals surface area contributed by atoms with Gasteiger partial charge in [-0.1, -0.05) is 11.8 Å². The van der Waals surface area contributed by atoms with Crippen LogP contribution >= 0.6 is 11.8 Å². The van der Waals surface area contributed by atoms with Gasteiger partial charge in [0, 0.05) is 13.2 Å². The molecular formula is C9H11N5S. The third-order valence-corrected chi connectivity index (χ3v) is 2.96. The van der Waals surface area contributed by atoms with Gasteiger partial charge >= 0.3 is 0 Å². The maximum absolute atomic E-state index is 5.77. The Morgan fingerprint density at radius 1 is 1.47 bits per heavy atom. The normalized spacial score (nSPS) is 10.5. The van der Waals surface area contributed by atoms with Gasteiger partial charge in [0.05, 0.1) is 11.4 Å². The van der Waals surface area contributed by atoms with Crippen LogP contribution in [0.2, 0.25) is 0 Å². The Morgan fingerprint density at radius 3 is 3.00 bits per heavy atom. The zero-order valence-corrected chi connectivity index (χ0v) is 9.11. The highest BCUT2D eigenvalue weighted by atomic mass is 32.2. The lowest BCUT2D eigenvalue weighted by Gasteiger charge is -2.02. The van der Waals surface area contributed by atoms with Gasteiger partial charge in [-0.05, 0) is 12.1 Å². The average molecular weight is 221 g/mol. The van der Waals surface area contributed by atoms with E-state index < -0.39 is 0 Å². The fraction of sp³-hybridized carbons (Fsp3) is 0.222. The van der Waals surface area contributed by atoms with E-state index in [4.69, 9.17) is 5.73 Å². The second-order valence-corrected chi connectivity index (χ2v) is 3.95. The number of aromatic nitrogens is 4. The Balaban J connectivity index is 2.06. The number of nitrogen functional groups attached to an aromatic ring is 1. The van der Waals surface area contributed by atoms with Crippen molar-refractivity contribution in [3.8, 4) is 0 Å². The van der Waals surface area contributed by atoms with Gasteiger partial charge in [-0.25, -0.2) is 9.97 Å². The molecule has 2 aromatic heterocycles. The van der Waals surface area contributed by atoms with Crippen molar-refractivity contribution in [2.45, 2.75) is 10.8 Å². The fourth-order valence-corrected chi connectivity index (χ4v) is 2.00. The number of thioether (sulfide) groups is 1. The molecule has 0 aliphatic rings. The number of hydrogen-bond acceptors (Lipinski definition) is 5. The molecule has 0 amide bonds. The van der Waals surface area contributed by atoms with E-state index in [1.807, 2.05) is 19.2 Å². The van der Waals surface area contributed by atoms with Crippen molar-refractivity contribution in [3.05, 3.63) is 30.5 Å². The fourth-order valence-electron chi connectivity index (χ4n) is 1.11. The Hall–Kier alpha value is -1.56. The Labute approximate surface area is 91.7 Å². The average Bonchev–Trinajstić information content (AvgIpc) is 2.63. The lowest BCUT2D eigenvalue weighted by atomic mass is 10.4. The van der Waals surface area contributed by atoms with Crippen LogP contribution in [0.3, 0.4) is 0 Å². The molecule has 2 aromatic rings. The number of rotatable bonds is 3. The summed E-state index contributed by atoms with van der Waals surface area (Å²) in [6.45, 7) is 0. The second kappa shape index (κ2) is 4.31. The van der Waals surface area contributed by atoms with E-state index in [1.165, 1.54) is 6.33 Å². The van der Waals surface area contributed by atoms with Crippen LogP contribution in [0.1, 0.15) is 5.82 Å². The van der Waals surface area contributed by atoms with E-state index in [1.54, 1.807) is 22.6 Å². The van der Waals surface area contributed by atoms with Crippen LogP contribution in [-0.4, -0.2) is 19.7 Å². The zero-order valence-electron chi connectivity index (χ0n) is 8.29. The highest BCUT2D eigenvalue weighted by Crippen LogP contribution is 2.24. The molecule has 78 valence electrons. The van der Waals surface area contributed by atoms with Gasteiger partial charge in [-0.15, -0.1) is 0 Å². The highest BCUT2D eigenvalue weighted by Gasteiger charge is 2.04. The van der Waals surface area contributed by atoms with Crippen LogP contribution in [0.5, 0.6) is 0 Å². The van der Waals surface area contributed by atoms with E-state index in [0.717, 1.165) is 16.6 Å². The summed E-state index contributed by atoms with van der Waals surface area (Å²) in [5.74, 6) is 1.63. The maximum Gasteiger partial charge on any atom is 0.138 e. The molecule has 2 N–H and O–H groups in total. The number of nitrogens with two attached hydrogens (primary N) is 1. The van der Waals surface area contributed by atoms with Gasteiger partial charge < -0.3 is 5.73 Å². The number of pyridine rings is 1. The Kier molecular flexibility index (Phi) is 2.86. The minimum absolute atomic E-state index is 0.699. The molecule has 0 saturated heterocycles. The molecule has 15 heavy (non-hydrogen) atoms. The minimum Gasteiger partial charge on any atom is -0.397 e. The van der Waals surface area contributed by atoms with Gasteiger partial charge in [0.15, 0.2) is 0 Å². The van der Waals surface area contributed by atoms with Crippen LogP contribution in [0.4, 0.5) is 5.69 Å². The summed E-state index contributed by atoms with van der Waals surface area (Å²) in [6, 6.07) is 3.66. The predicted molar refractivity (Wildman–Crippen MR) is 59.2 cm³/mol. The number of hydrogen-bond donors (Lipinski definition) is 1. The zero-order chi connectivity index (χ0) is 10.7. The third-order valence-electron chi connectivity index (χ3n) is 1.94. The molecule has 0 aromatic carbocycles. The van der Waals surface area contributed by atoms with Crippen molar-refractivity contribution in [1.82, 2.24) is 19.7 Å². The summed E-state index contributed by atoms with van der Waals surface area (Å²) in [5.41, 5.74) is 6.47. The summed E-state index contributed by atoms with van der Waals surface area (Å²) < 4.78 is 1.74. The predicted octanol–water partition coefficient (Wildman–Crippen LogP) is 1.08. The van der Waals surface area contributed by atoms with Gasteiger partial charge in [-0.2, -0.15) is 5.10 Å². The molecule has 0 radical (unpaired) electrons. The van der Waals surface area contributed by atoms with Crippen LogP contribution in [-0.2, 0) is 12.8 Å². The van der Waals surface area contributed by atoms with Crippen LogP contribution in [0, 0.1) is 0 Å². The third kappa shape index (κ3) is 2.27. The van der Waals surface area contributed by atoms with E-state index in [9.17, 15) is 0 Å². The smallest absolute Gasteiger partial charge is 0.138 e. The van der Waals surface area contributed by atoms with E-state index in [2.05, 4.69) is 15.1 Å². The van der Waals surface area contributed by atoms with Gasteiger partial charge in [-0.3, -0.25) is 4.68 Å². The number of anilines is 1. The van der Waals surface area contributed by atoms with Crippen LogP contribution in [0.25, 0.3) is 0 Å². The first-order valence-corrected chi connectivity index (χ1v) is 5.42. The first kappa shape index (κ1) is 9.97. The van der Waals surface area contributed by atoms with E-state index >= 15 is 0 Å². The van der Waals surface area contributed by atoms with Gasteiger partial charge in [0.2, 0.25) is 0 Å². The minimum atomic E-state index is 0.699. The first-order valence-electron chi connectivity index (χ1n) is 4.43. The topological polar surface area (TPSA) is 69.6 Å². The molecule has 0 unspecified atom stereocenters. The summed E-state index contributed by atoms with van der Waals surface area (Å²) in [7, 11) is 1.87. The summed E-state index contributed by atoms with van der Waals surface area (Å²) in [5, 5.41) is 4.83. The van der Waals surface area contributed by atoms with Crippen molar-refractivity contribution in [1.29, 1.82) is 0 Å². The molecule has 0 aliphatic heterocycles. The lowest BCUT2D eigenvalue weighted by molar-refractivity contribution is 0.729. The summed E-state index contributed by atoms with van der Waals surface area (Å²) in [6.07, 6.45) is 3.27. The molecule has 2 heterocycles. The number of aryl methyl sites for hydroxylation is 1. The van der Waals surface area contributed by atoms with E-state index in [0.29, 0.717) is 5.69 Å². The van der Waals surface area contributed by atoms with Crippen molar-refractivity contribution in [3.63, 3.8) is 0 Å². The van der Waals surface area contributed by atoms with E-state index in [-0.39, 0.29) is 0 Å². The molecule has 0 spiro atoms.